The van der Waals surface area contributed by atoms with E-state index in [4.69, 9.17) is 26.8 Å². The molecule has 2 aliphatic rings. The van der Waals surface area contributed by atoms with E-state index in [2.05, 4.69) is 25.6 Å². The number of nitrogen functional groups attached to an aromatic ring is 1. The second-order valence-corrected chi connectivity index (χ2v) is 11.7. The first-order chi connectivity index (χ1) is 18.9. The molecule has 4 rings (SSSR count). The van der Waals surface area contributed by atoms with Crippen LogP contribution in [0.5, 0.6) is 0 Å². The molecule has 2 fully saturated rings. The second kappa shape index (κ2) is 14.6. The standard InChI is InChI=1S/C28H46ClN7O3/c1-35(2)14-15-38-16-17-39-23-12-13-31-20-28(23,21-10-8-6-4-3-5-7-9-11-21)33-27(37)24-25(30)34-36-19-22(29)18-32-26(24)36/h18-19,21,23,31H,3-17,20H2,1-2H3,(H2,30,34)(H,33,37). The van der Waals surface area contributed by atoms with Crippen LogP contribution in [0.3, 0.4) is 0 Å². The molecule has 4 N–H and O–H groups in total. The maximum atomic E-state index is 14.0. The van der Waals surface area contributed by atoms with Gasteiger partial charge in [-0.05, 0) is 45.8 Å². The molecule has 2 aromatic heterocycles. The number of ether oxygens (including phenoxy) is 2. The van der Waals surface area contributed by atoms with Crippen LogP contribution in [0.4, 0.5) is 5.82 Å². The fourth-order valence-corrected chi connectivity index (χ4v) is 6.25. The lowest BCUT2D eigenvalue weighted by Gasteiger charge is -2.50. The molecule has 1 saturated carbocycles. The zero-order valence-corrected chi connectivity index (χ0v) is 24.3. The van der Waals surface area contributed by atoms with Crippen molar-refractivity contribution in [3.05, 3.63) is 23.0 Å². The molecule has 10 nitrogen and oxygen atoms in total. The number of amides is 1. The number of likely N-dealkylation sites (N-methyl/N-ethyl adjacent to an activating group) is 1. The largest absolute Gasteiger partial charge is 0.381 e. The summed E-state index contributed by atoms with van der Waals surface area (Å²) in [7, 11) is 4.07. The highest BCUT2D eigenvalue weighted by Crippen LogP contribution is 2.37. The van der Waals surface area contributed by atoms with E-state index in [1.165, 1.54) is 42.8 Å². The summed E-state index contributed by atoms with van der Waals surface area (Å²) in [6, 6.07) is 0. The highest BCUT2D eigenvalue weighted by Gasteiger charge is 2.49. The van der Waals surface area contributed by atoms with Gasteiger partial charge < -0.3 is 30.7 Å². The lowest BCUT2D eigenvalue weighted by molar-refractivity contribution is -0.0734. The first kappa shape index (κ1) is 30.0. The summed E-state index contributed by atoms with van der Waals surface area (Å²) in [6.45, 7) is 4.04. The third-order valence-corrected chi connectivity index (χ3v) is 8.38. The van der Waals surface area contributed by atoms with Gasteiger partial charge in [-0.2, -0.15) is 0 Å². The molecule has 1 aliphatic heterocycles. The fourth-order valence-electron chi connectivity index (χ4n) is 6.11. The average molecular weight is 564 g/mol. The Morgan fingerprint density at radius 1 is 1.15 bits per heavy atom. The summed E-state index contributed by atoms with van der Waals surface area (Å²) in [5.74, 6) is 0.144. The summed E-state index contributed by atoms with van der Waals surface area (Å²) in [5, 5.41) is 11.8. The van der Waals surface area contributed by atoms with Crippen LogP contribution < -0.4 is 16.4 Å². The maximum absolute atomic E-state index is 14.0. The summed E-state index contributed by atoms with van der Waals surface area (Å²) in [4.78, 5) is 20.5. The third kappa shape index (κ3) is 7.82. The van der Waals surface area contributed by atoms with Crippen molar-refractivity contribution in [2.75, 3.05) is 59.3 Å². The molecule has 11 heteroatoms. The van der Waals surface area contributed by atoms with Crippen molar-refractivity contribution in [1.29, 1.82) is 0 Å². The van der Waals surface area contributed by atoms with Gasteiger partial charge in [-0.25, -0.2) is 9.50 Å². The van der Waals surface area contributed by atoms with Gasteiger partial charge in [0, 0.05) is 19.3 Å². The number of nitrogens with one attached hydrogen (secondary N) is 2. The first-order valence-corrected chi connectivity index (χ1v) is 14.9. The number of halogens is 1. The highest BCUT2D eigenvalue weighted by atomic mass is 35.5. The maximum Gasteiger partial charge on any atom is 0.259 e. The number of fused-ring (bicyclic) bond motifs is 1. The molecule has 1 amide bonds. The van der Waals surface area contributed by atoms with Crippen molar-refractivity contribution in [1.82, 2.24) is 30.1 Å². The van der Waals surface area contributed by atoms with Crippen molar-refractivity contribution in [2.24, 2.45) is 5.92 Å². The summed E-state index contributed by atoms with van der Waals surface area (Å²) >= 11 is 6.11. The minimum atomic E-state index is -0.578. The number of hydrogen-bond donors (Lipinski definition) is 3. The molecular weight excluding hydrogens is 518 g/mol. The van der Waals surface area contributed by atoms with Gasteiger partial charge in [-0.15, -0.1) is 5.10 Å². The molecule has 2 atom stereocenters. The van der Waals surface area contributed by atoms with Gasteiger partial charge in [0.15, 0.2) is 11.5 Å². The molecule has 3 heterocycles. The predicted octanol–water partition coefficient (Wildman–Crippen LogP) is 3.53. The van der Waals surface area contributed by atoms with Gasteiger partial charge >= 0.3 is 0 Å². The number of aromatic nitrogens is 3. The van der Waals surface area contributed by atoms with Crippen LogP contribution >= 0.6 is 11.6 Å². The van der Waals surface area contributed by atoms with Gasteiger partial charge in [-0.1, -0.05) is 56.5 Å². The van der Waals surface area contributed by atoms with E-state index in [0.717, 1.165) is 45.2 Å². The Morgan fingerprint density at radius 2 is 1.87 bits per heavy atom. The Balaban J connectivity index is 1.59. The topological polar surface area (TPSA) is 119 Å². The Hall–Kier alpha value is -1.98. The summed E-state index contributed by atoms with van der Waals surface area (Å²) in [5.41, 5.74) is 6.35. The highest BCUT2D eigenvalue weighted by molar-refractivity contribution is 6.30. The van der Waals surface area contributed by atoms with E-state index in [1.807, 2.05) is 14.1 Å². The lowest BCUT2D eigenvalue weighted by atomic mass is 9.71. The molecular formula is C28H46ClN7O3. The number of anilines is 1. The number of nitrogens with two attached hydrogens (primary N) is 1. The van der Waals surface area contributed by atoms with Gasteiger partial charge in [0.1, 0.15) is 5.56 Å². The number of carbonyl (C=O) groups excluding carboxylic acids is 1. The van der Waals surface area contributed by atoms with Crippen molar-refractivity contribution in [2.45, 2.75) is 75.9 Å². The van der Waals surface area contributed by atoms with Crippen LogP contribution in [-0.2, 0) is 9.47 Å². The van der Waals surface area contributed by atoms with Crippen LogP contribution in [0, 0.1) is 5.92 Å². The Labute approximate surface area is 237 Å². The van der Waals surface area contributed by atoms with Crippen molar-refractivity contribution in [3.63, 3.8) is 0 Å². The Bertz CT molecular complexity index is 1060. The quantitative estimate of drug-likeness (QED) is 0.376. The van der Waals surface area contributed by atoms with Crippen LogP contribution in [0.25, 0.3) is 5.65 Å². The minimum Gasteiger partial charge on any atom is -0.381 e. The molecule has 0 bridgehead atoms. The number of rotatable bonds is 10. The molecule has 0 radical (unpaired) electrons. The monoisotopic (exact) mass is 563 g/mol. The first-order valence-electron chi connectivity index (χ1n) is 14.6. The number of nitrogens with zero attached hydrogens (tertiary/aromatic N) is 4. The molecule has 2 aromatic rings. The summed E-state index contributed by atoms with van der Waals surface area (Å²) in [6.07, 6.45) is 14.5. The van der Waals surface area contributed by atoms with E-state index >= 15 is 0 Å². The van der Waals surface area contributed by atoms with Crippen LogP contribution in [0.1, 0.15) is 74.6 Å². The average Bonchev–Trinajstić information content (AvgIpc) is 3.24. The summed E-state index contributed by atoms with van der Waals surface area (Å²) < 4.78 is 13.8. The smallest absolute Gasteiger partial charge is 0.259 e. The number of hydrogen-bond acceptors (Lipinski definition) is 8. The molecule has 39 heavy (non-hydrogen) atoms. The van der Waals surface area contributed by atoms with Crippen LogP contribution in [-0.4, -0.2) is 90.6 Å². The number of carbonyl (C=O) groups is 1. The molecule has 218 valence electrons. The van der Waals surface area contributed by atoms with E-state index in [1.54, 1.807) is 6.20 Å². The van der Waals surface area contributed by atoms with E-state index in [-0.39, 0.29) is 29.3 Å². The zero-order valence-electron chi connectivity index (χ0n) is 23.6. The molecule has 0 spiro atoms. The third-order valence-electron chi connectivity index (χ3n) is 8.18. The van der Waals surface area contributed by atoms with Crippen LogP contribution in [0.15, 0.2) is 12.4 Å². The van der Waals surface area contributed by atoms with Crippen molar-refractivity contribution in [3.8, 4) is 0 Å². The van der Waals surface area contributed by atoms with Crippen molar-refractivity contribution < 1.29 is 14.3 Å². The Kier molecular flexibility index (Phi) is 11.2. The van der Waals surface area contributed by atoms with Gasteiger partial charge in [-0.3, -0.25) is 4.79 Å². The van der Waals surface area contributed by atoms with E-state index in [9.17, 15) is 4.79 Å². The van der Waals surface area contributed by atoms with Crippen molar-refractivity contribution >= 4 is 29.0 Å². The van der Waals surface area contributed by atoms with Gasteiger partial charge in [0.2, 0.25) is 0 Å². The lowest BCUT2D eigenvalue weighted by Crippen LogP contribution is -2.69. The van der Waals surface area contributed by atoms with Gasteiger partial charge in [0.25, 0.3) is 5.91 Å². The number of piperidine rings is 1. The second-order valence-electron chi connectivity index (χ2n) is 11.3. The van der Waals surface area contributed by atoms with E-state index in [0.29, 0.717) is 37.0 Å². The predicted molar refractivity (Wildman–Crippen MR) is 154 cm³/mol. The molecule has 1 aliphatic carbocycles. The normalized spacial score (nSPS) is 23.7. The molecule has 2 unspecified atom stereocenters. The van der Waals surface area contributed by atoms with Crippen LogP contribution in [0.2, 0.25) is 5.02 Å². The Morgan fingerprint density at radius 3 is 2.59 bits per heavy atom. The van der Waals surface area contributed by atoms with E-state index < -0.39 is 5.54 Å². The SMILES string of the molecule is CN(C)CCOCCOC1CCNCC1(NC(=O)c1c(N)nn2cc(Cl)cnc12)C1CCCCCCCCC1. The zero-order chi connectivity index (χ0) is 27.7. The molecule has 0 aromatic carbocycles. The molecule has 1 saturated heterocycles. The minimum absolute atomic E-state index is 0.138. The fraction of sp³-hybridized carbons (Fsp3) is 0.750. The van der Waals surface area contributed by atoms with Gasteiger partial charge in [0.05, 0.1) is 42.7 Å².